The molecule has 0 aliphatic carbocycles. The van der Waals surface area contributed by atoms with Crippen LogP contribution >= 0.6 is 0 Å². The van der Waals surface area contributed by atoms with Gasteiger partial charge in [-0.25, -0.2) is 9.29 Å². The number of hydrogen-bond donors (Lipinski definition) is 1. The van der Waals surface area contributed by atoms with E-state index in [1.807, 2.05) is 0 Å². The average molecular weight is 274 g/mol. The van der Waals surface area contributed by atoms with E-state index < -0.39 is 16.3 Å². The molecule has 1 aromatic rings. The molecule has 0 spiro atoms. The fourth-order valence-corrected chi connectivity index (χ4v) is 1.94. The maximum Gasteiger partial charge on any atom is 0.361 e. The molecule has 0 unspecified atom stereocenters. The molecule has 0 bridgehead atoms. The van der Waals surface area contributed by atoms with Crippen molar-refractivity contribution in [3.63, 3.8) is 0 Å². The predicted octanol–water partition coefficient (Wildman–Crippen LogP) is 0.644. The summed E-state index contributed by atoms with van der Waals surface area (Å²) >= 11 is 0. The zero-order valence-electron chi connectivity index (χ0n) is 9.81. The van der Waals surface area contributed by atoms with E-state index in [-0.39, 0.29) is 25.4 Å². The van der Waals surface area contributed by atoms with Crippen molar-refractivity contribution in [2.45, 2.75) is 13.3 Å². The van der Waals surface area contributed by atoms with Gasteiger partial charge in [0, 0.05) is 12.7 Å². The topological polar surface area (TPSA) is 96.8 Å². The van der Waals surface area contributed by atoms with Gasteiger partial charge in [-0.1, -0.05) is 6.07 Å². The third kappa shape index (κ3) is 4.30. The molecule has 0 atom stereocenters. The predicted molar refractivity (Wildman–Crippen MR) is 64.4 cm³/mol. The molecule has 0 saturated carbocycles. The Morgan fingerprint density at radius 1 is 1.50 bits per heavy atom. The van der Waals surface area contributed by atoms with Crippen molar-refractivity contribution in [2.75, 3.05) is 17.5 Å². The summed E-state index contributed by atoms with van der Waals surface area (Å²) in [6, 6.07) is 4.60. The first-order valence-electron chi connectivity index (χ1n) is 5.27. The van der Waals surface area contributed by atoms with Crippen LogP contribution < -0.4 is 4.31 Å². The summed E-state index contributed by atoms with van der Waals surface area (Å²) in [7, 11) is -4.47. The number of aromatic nitrogens is 1. The summed E-state index contributed by atoms with van der Waals surface area (Å²) in [6.45, 7) is 1.64. The molecular formula is C10H14N2O5S. The Morgan fingerprint density at radius 2 is 2.22 bits per heavy atom. The highest BCUT2D eigenvalue weighted by Crippen LogP contribution is 2.13. The molecule has 1 heterocycles. The van der Waals surface area contributed by atoms with E-state index in [1.54, 1.807) is 19.1 Å². The second-order valence-electron chi connectivity index (χ2n) is 3.29. The Labute approximate surface area is 105 Å². The van der Waals surface area contributed by atoms with E-state index in [2.05, 4.69) is 9.72 Å². The summed E-state index contributed by atoms with van der Waals surface area (Å²) in [6.07, 6.45) is 1.22. The normalized spacial score (nSPS) is 11.0. The van der Waals surface area contributed by atoms with Gasteiger partial charge in [0.1, 0.15) is 5.82 Å². The van der Waals surface area contributed by atoms with Crippen LogP contribution in [0.4, 0.5) is 5.82 Å². The fourth-order valence-electron chi connectivity index (χ4n) is 1.28. The molecule has 1 rings (SSSR count). The molecule has 100 valence electrons. The van der Waals surface area contributed by atoms with Crippen molar-refractivity contribution in [1.29, 1.82) is 0 Å². The standard InChI is InChI=1S/C10H14N2O5S/c1-2-17-10(13)6-8-12(18(14,15)16)9-5-3-4-7-11-9/h3-5,7H,2,6,8H2,1H3,(H,14,15,16). The summed E-state index contributed by atoms with van der Waals surface area (Å²) in [4.78, 5) is 15.0. The van der Waals surface area contributed by atoms with Crippen molar-refractivity contribution >= 4 is 22.1 Å². The van der Waals surface area contributed by atoms with E-state index in [4.69, 9.17) is 4.55 Å². The van der Waals surface area contributed by atoms with Crippen LogP contribution in [0.15, 0.2) is 24.4 Å². The van der Waals surface area contributed by atoms with Crippen LogP contribution in [0.25, 0.3) is 0 Å². The summed E-state index contributed by atoms with van der Waals surface area (Å²) in [5.74, 6) is -0.494. The highest BCUT2D eigenvalue weighted by atomic mass is 32.2. The molecule has 0 aliphatic heterocycles. The molecule has 0 saturated heterocycles. The molecule has 18 heavy (non-hydrogen) atoms. The molecule has 1 N–H and O–H groups in total. The highest BCUT2D eigenvalue weighted by molar-refractivity contribution is 7.87. The van der Waals surface area contributed by atoms with Gasteiger partial charge in [0.15, 0.2) is 0 Å². The minimum absolute atomic E-state index is 0.0456. The molecular weight excluding hydrogens is 260 g/mol. The van der Waals surface area contributed by atoms with Gasteiger partial charge in [0.25, 0.3) is 0 Å². The fraction of sp³-hybridized carbons (Fsp3) is 0.400. The smallest absolute Gasteiger partial charge is 0.361 e. The van der Waals surface area contributed by atoms with Crippen LogP contribution in [0.5, 0.6) is 0 Å². The van der Waals surface area contributed by atoms with Crippen molar-refractivity contribution in [3.8, 4) is 0 Å². The Bertz CT molecular complexity index is 488. The second kappa shape index (κ2) is 6.31. The Balaban J connectivity index is 2.79. The van der Waals surface area contributed by atoms with Crippen LogP contribution in [0.1, 0.15) is 13.3 Å². The molecule has 8 heteroatoms. The van der Waals surface area contributed by atoms with Crippen LogP contribution in [-0.2, 0) is 19.8 Å². The first-order chi connectivity index (χ1) is 8.45. The van der Waals surface area contributed by atoms with Gasteiger partial charge in [-0.05, 0) is 19.1 Å². The molecule has 0 amide bonds. The third-order valence-corrected chi connectivity index (χ3v) is 2.93. The van der Waals surface area contributed by atoms with Crippen molar-refractivity contribution in [1.82, 2.24) is 4.98 Å². The minimum atomic E-state index is -4.47. The lowest BCUT2D eigenvalue weighted by molar-refractivity contribution is -0.142. The number of anilines is 1. The molecule has 0 radical (unpaired) electrons. The Kier molecular flexibility index (Phi) is 5.05. The van der Waals surface area contributed by atoms with Crippen LogP contribution in [0.3, 0.4) is 0 Å². The Morgan fingerprint density at radius 3 is 2.72 bits per heavy atom. The van der Waals surface area contributed by atoms with E-state index in [9.17, 15) is 13.2 Å². The first kappa shape index (κ1) is 14.4. The lowest BCUT2D eigenvalue weighted by Gasteiger charge is -2.18. The number of nitrogens with zero attached hydrogens (tertiary/aromatic N) is 2. The van der Waals surface area contributed by atoms with E-state index in [1.165, 1.54) is 12.3 Å². The SMILES string of the molecule is CCOC(=O)CCN(c1ccccn1)S(=O)(=O)O. The van der Waals surface area contributed by atoms with E-state index >= 15 is 0 Å². The number of pyridine rings is 1. The van der Waals surface area contributed by atoms with Crippen LogP contribution in [0, 0.1) is 0 Å². The molecule has 0 aliphatic rings. The summed E-state index contributed by atoms with van der Waals surface area (Å²) < 4.78 is 36.8. The lowest BCUT2D eigenvalue weighted by atomic mass is 10.4. The van der Waals surface area contributed by atoms with Crippen molar-refractivity contribution < 1.29 is 22.5 Å². The van der Waals surface area contributed by atoms with Crippen molar-refractivity contribution in [3.05, 3.63) is 24.4 Å². The zero-order chi connectivity index (χ0) is 13.6. The Hall–Kier alpha value is -1.67. The van der Waals surface area contributed by atoms with Gasteiger partial charge in [-0.15, -0.1) is 0 Å². The lowest BCUT2D eigenvalue weighted by Crippen LogP contribution is -2.33. The minimum Gasteiger partial charge on any atom is -0.466 e. The monoisotopic (exact) mass is 274 g/mol. The molecule has 1 aromatic heterocycles. The number of hydrogen-bond acceptors (Lipinski definition) is 5. The number of esters is 1. The summed E-state index contributed by atoms with van der Waals surface area (Å²) in [5, 5.41) is 0. The maximum atomic E-state index is 11.2. The van der Waals surface area contributed by atoms with Gasteiger partial charge >= 0.3 is 16.3 Å². The van der Waals surface area contributed by atoms with E-state index in [0.29, 0.717) is 4.31 Å². The maximum absolute atomic E-state index is 11.2. The number of ether oxygens (including phenoxy) is 1. The van der Waals surface area contributed by atoms with Gasteiger partial charge in [-0.2, -0.15) is 8.42 Å². The zero-order valence-corrected chi connectivity index (χ0v) is 10.6. The largest absolute Gasteiger partial charge is 0.466 e. The first-order valence-corrected chi connectivity index (χ1v) is 6.66. The second-order valence-corrected chi connectivity index (χ2v) is 4.63. The van der Waals surface area contributed by atoms with Gasteiger partial charge in [0.05, 0.1) is 13.0 Å². The number of rotatable bonds is 6. The quantitative estimate of drug-likeness (QED) is 0.604. The van der Waals surface area contributed by atoms with Crippen molar-refractivity contribution in [2.24, 2.45) is 0 Å². The van der Waals surface area contributed by atoms with Gasteiger partial charge < -0.3 is 4.74 Å². The van der Waals surface area contributed by atoms with Crippen LogP contribution in [0.2, 0.25) is 0 Å². The number of carbonyl (C=O) groups is 1. The highest BCUT2D eigenvalue weighted by Gasteiger charge is 2.21. The average Bonchev–Trinajstić information content (AvgIpc) is 2.29. The van der Waals surface area contributed by atoms with Gasteiger partial charge in [-0.3, -0.25) is 9.35 Å². The molecule has 0 fully saturated rings. The van der Waals surface area contributed by atoms with E-state index in [0.717, 1.165) is 0 Å². The molecule has 0 aromatic carbocycles. The third-order valence-electron chi connectivity index (χ3n) is 2.01. The summed E-state index contributed by atoms with van der Waals surface area (Å²) in [5.41, 5.74) is 0. The van der Waals surface area contributed by atoms with Crippen LogP contribution in [-0.4, -0.2) is 37.1 Å². The van der Waals surface area contributed by atoms with Gasteiger partial charge in [0.2, 0.25) is 0 Å². The molecule has 7 nitrogen and oxygen atoms in total. The number of carbonyl (C=O) groups excluding carboxylic acids is 1.